The molecule has 0 saturated carbocycles. The molecule has 0 saturated heterocycles. The van der Waals surface area contributed by atoms with E-state index < -0.39 is 0 Å². The van der Waals surface area contributed by atoms with Crippen LogP contribution in [-0.2, 0) is 0 Å². The average molecular weight is 215 g/mol. The first-order chi connectivity index (χ1) is 7.59. The number of aryl methyl sites for hydroxylation is 1. The summed E-state index contributed by atoms with van der Waals surface area (Å²) < 4.78 is 0. The molecule has 3 heteroatoms. The summed E-state index contributed by atoms with van der Waals surface area (Å²) in [6.07, 6.45) is 0. The van der Waals surface area contributed by atoms with E-state index in [-0.39, 0.29) is 0 Å². The number of nitrogens with zero attached hydrogens (tertiary/aromatic N) is 1. The van der Waals surface area contributed by atoms with Crippen molar-refractivity contribution in [3.8, 4) is 11.1 Å². The Labute approximate surface area is 95.7 Å². The SMILES string of the molecule is Cc1ccc(-c2c(N)n[nH]c2C(C)C)cc1. The van der Waals surface area contributed by atoms with Gasteiger partial charge in [0.05, 0.1) is 0 Å². The molecule has 0 aliphatic heterocycles. The van der Waals surface area contributed by atoms with E-state index in [4.69, 9.17) is 5.73 Å². The summed E-state index contributed by atoms with van der Waals surface area (Å²) >= 11 is 0. The van der Waals surface area contributed by atoms with Gasteiger partial charge in [-0.15, -0.1) is 0 Å². The van der Waals surface area contributed by atoms with Crippen LogP contribution >= 0.6 is 0 Å². The highest BCUT2D eigenvalue weighted by Gasteiger charge is 2.14. The third kappa shape index (κ3) is 1.81. The molecule has 0 amide bonds. The smallest absolute Gasteiger partial charge is 0.153 e. The van der Waals surface area contributed by atoms with E-state index >= 15 is 0 Å². The van der Waals surface area contributed by atoms with Gasteiger partial charge in [0.25, 0.3) is 0 Å². The highest BCUT2D eigenvalue weighted by Crippen LogP contribution is 2.32. The van der Waals surface area contributed by atoms with Gasteiger partial charge in [-0.1, -0.05) is 43.7 Å². The van der Waals surface area contributed by atoms with E-state index in [2.05, 4.69) is 55.2 Å². The van der Waals surface area contributed by atoms with Crippen LogP contribution in [-0.4, -0.2) is 10.2 Å². The maximum atomic E-state index is 5.91. The maximum Gasteiger partial charge on any atom is 0.153 e. The van der Waals surface area contributed by atoms with Crippen molar-refractivity contribution in [2.24, 2.45) is 0 Å². The molecule has 84 valence electrons. The molecular weight excluding hydrogens is 198 g/mol. The number of aromatic nitrogens is 2. The first-order valence-electron chi connectivity index (χ1n) is 5.50. The largest absolute Gasteiger partial charge is 0.382 e. The number of hydrogen-bond donors (Lipinski definition) is 2. The number of nitrogen functional groups attached to an aromatic ring is 1. The van der Waals surface area contributed by atoms with Crippen molar-refractivity contribution in [1.29, 1.82) is 0 Å². The molecule has 2 aromatic rings. The molecule has 0 bridgehead atoms. The topological polar surface area (TPSA) is 54.7 Å². The first-order valence-corrected chi connectivity index (χ1v) is 5.50. The number of nitrogens with one attached hydrogen (secondary N) is 1. The molecule has 3 nitrogen and oxygen atoms in total. The fourth-order valence-electron chi connectivity index (χ4n) is 1.81. The summed E-state index contributed by atoms with van der Waals surface area (Å²) in [6, 6.07) is 8.35. The lowest BCUT2D eigenvalue weighted by Crippen LogP contribution is -1.93. The van der Waals surface area contributed by atoms with E-state index in [1.54, 1.807) is 0 Å². The molecule has 0 spiro atoms. The van der Waals surface area contributed by atoms with Crippen LogP contribution in [0.3, 0.4) is 0 Å². The molecule has 0 aliphatic rings. The number of anilines is 1. The Hall–Kier alpha value is -1.77. The Morgan fingerprint density at radius 1 is 1.19 bits per heavy atom. The third-order valence-electron chi connectivity index (χ3n) is 2.74. The predicted octanol–water partition coefficient (Wildman–Crippen LogP) is 3.09. The monoisotopic (exact) mass is 215 g/mol. The molecule has 0 aliphatic carbocycles. The number of aromatic amines is 1. The number of nitrogens with two attached hydrogens (primary N) is 1. The molecule has 16 heavy (non-hydrogen) atoms. The van der Waals surface area contributed by atoms with Crippen molar-refractivity contribution < 1.29 is 0 Å². The van der Waals surface area contributed by atoms with Gasteiger partial charge in [-0.25, -0.2) is 0 Å². The average Bonchev–Trinajstić information content (AvgIpc) is 2.62. The minimum absolute atomic E-state index is 0.390. The van der Waals surface area contributed by atoms with E-state index in [1.807, 2.05) is 0 Å². The summed E-state index contributed by atoms with van der Waals surface area (Å²) in [6.45, 7) is 6.33. The Kier molecular flexibility index (Phi) is 2.69. The van der Waals surface area contributed by atoms with Crippen LogP contribution in [0.15, 0.2) is 24.3 Å². The Morgan fingerprint density at radius 3 is 2.38 bits per heavy atom. The van der Waals surface area contributed by atoms with Crippen LogP contribution < -0.4 is 5.73 Å². The highest BCUT2D eigenvalue weighted by molar-refractivity contribution is 5.76. The number of benzene rings is 1. The second kappa shape index (κ2) is 4.00. The van der Waals surface area contributed by atoms with Gasteiger partial charge in [-0.3, -0.25) is 5.10 Å². The third-order valence-corrected chi connectivity index (χ3v) is 2.74. The van der Waals surface area contributed by atoms with E-state index in [1.165, 1.54) is 5.56 Å². The number of rotatable bonds is 2. The molecule has 2 rings (SSSR count). The van der Waals surface area contributed by atoms with Gasteiger partial charge < -0.3 is 5.73 Å². The minimum Gasteiger partial charge on any atom is -0.382 e. The molecule has 0 radical (unpaired) electrons. The van der Waals surface area contributed by atoms with Gasteiger partial charge in [0.2, 0.25) is 0 Å². The second-order valence-electron chi connectivity index (χ2n) is 4.42. The number of hydrogen-bond acceptors (Lipinski definition) is 2. The van der Waals surface area contributed by atoms with Gasteiger partial charge in [0.1, 0.15) is 0 Å². The van der Waals surface area contributed by atoms with Crippen LogP contribution in [0.2, 0.25) is 0 Å². The molecule has 3 N–H and O–H groups in total. The molecular formula is C13H17N3. The van der Waals surface area contributed by atoms with Gasteiger partial charge >= 0.3 is 0 Å². The van der Waals surface area contributed by atoms with E-state index in [0.717, 1.165) is 16.8 Å². The summed E-state index contributed by atoms with van der Waals surface area (Å²) in [5.41, 5.74) is 10.4. The normalized spacial score (nSPS) is 11.0. The highest BCUT2D eigenvalue weighted by atomic mass is 15.2. The Morgan fingerprint density at radius 2 is 1.81 bits per heavy atom. The Bertz CT molecular complexity index is 480. The first kappa shape index (κ1) is 10.7. The van der Waals surface area contributed by atoms with Crippen molar-refractivity contribution in [3.63, 3.8) is 0 Å². The lowest BCUT2D eigenvalue weighted by molar-refractivity contribution is 0.812. The molecule has 0 atom stereocenters. The summed E-state index contributed by atoms with van der Waals surface area (Å²) in [5.74, 6) is 0.966. The van der Waals surface area contributed by atoms with E-state index in [0.29, 0.717) is 11.7 Å². The van der Waals surface area contributed by atoms with Crippen molar-refractivity contribution in [2.45, 2.75) is 26.7 Å². The van der Waals surface area contributed by atoms with Crippen LogP contribution in [0.5, 0.6) is 0 Å². The van der Waals surface area contributed by atoms with Crippen LogP contribution in [0.1, 0.15) is 31.0 Å². The van der Waals surface area contributed by atoms with Crippen molar-refractivity contribution >= 4 is 5.82 Å². The zero-order valence-electron chi connectivity index (χ0n) is 9.91. The van der Waals surface area contributed by atoms with Crippen LogP contribution in [0.4, 0.5) is 5.82 Å². The van der Waals surface area contributed by atoms with Crippen molar-refractivity contribution in [2.75, 3.05) is 5.73 Å². The van der Waals surface area contributed by atoms with Gasteiger partial charge in [-0.05, 0) is 18.4 Å². The minimum atomic E-state index is 0.390. The summed E-state index contributed by atoms with van der Waals surface area (Å²) in [4.78, 5) is 0. The van der Waals surface area contributed by atoms with Crippen LogP contribution in [0, 0.1) is 6.92 Å². The summed E-state index contributed by atoms with van der Waals surface area (Å²) in [5, 5.41) is 7.10. The molecule has 0 fully saturated rings. The molecule has 1 aromatic carbocycles. The Balaban J connectivity index is 2.54. The van der Waals surface area contributed by atoms with Crippen molar-refractivity contribution in [1.82, 2.24) is 10.2 Å². The van der Waals surface area contributed by atoms with Gasteiger partial charge in [0.15, 0.2) is 5.82 Å². The molecule has 1 aromatic heterocycles. The second-order valence-corrected chi connectivity index (χ2v) is 4.42. The number of H-pyrrole nitrogens is 1. The summed E-state index contributed by atoms with van der Waals surface area (Å²) in [7, 11) is 0. The van der Waals surface area contributed by atoms with Crippen molar-refractivity contribution in [3.05, 3.63) is 35.5 Å². The van der Waals surface area contributed by atoms with Gasteiger partial charge in [0, 0.05) is 11.3 Å². The maximum absolute atomic E-state index is 5.91. The molecule has 1 heterocycles. The standard InChI is InChI=1S/C13H17N3/c1-8(2)12-11(13(14)16-15-12)10-6-4-9(3)5-7-10/h4-8H,1-3H3,(H3,14,15,16). The van der Waals surface area contributed by atoms with E-state index in [9.17, 15) is 0 Å². The fourth-order valence-corrected chi connectivity index (χ4v) is 1.81. The quantitative estimate of drug-likeness (QED) is 0.808. The zero-order chi connectivity index (χ0) is 11.7. The fraction of sp³-hybridized carbons (Fsp3) is 0.308. The van der Waals surface area contributed by atoms with Crippen LogP contribution in [0.25, 0.3) is 11.1 Å². The molecule has 0 unspecified atom stereocenters. The zero-order valence-corrected chi connectivity index (χ0v) is 9.91. The lowest BCUT2D eigenvalue weighted by Gasteiger charge is -2.07. The van der Waals surface area contributed by atoms with Gasteiger partial charge in [-0.2, -0.15) is 5.10 Å². The lowest BCUT2D eigenvalue weighted by atomic mass is 9.98. The predicted molar refractivity (Wildman–Crippen MR) is 67.3 cm³/mol.